The van der Waals surface area contributed by atoms with Crippen LogP contribution in [0.4, 0.5) is 0 Å². The second-order valence-electron chi connectivity index (χ2n) is 7.15. The minimum absolute atomic E-state index is 0.111. The molecule has 3 aromatic carbocycles. The van der Waals surface area contributed by atoms with Crippen LogP contribution in [-0.2, 0) is 20.9 Å². The van der Waals surface area contributed by atoms with Crippen LogP contribution in [0.15, 0.2) is 72.8 Å². The van der Waals surface area contributed by atoms with Crippen molar-refractivity contribution in [2.75, 3.05) is 6.61 Å². The van der Waals surface area contributed by atoms with Crippen molar-refractivity contribution in [3.05, 3.63) is 78.4 Å². The molecule has 1 amide bonds. The molecule has 0 saturated heterocycles. The number of nitrogens with one attached hydrogen (secondary N) is 1. The minimum atomic E-state index is -0.734. The van der Waals surface area contributed by atoms with Crippen molar-refractivity contribution in [2.45, 2.75) is 26.5 Å². The van der Waals surface area contributed by atoms with Crippen LogP contribution in [-0.4, -0.2) is 24.5 Å². The van der Waals surface area contributed by atoms with Gasteiger partial charge in [-0.3, -0.25) is 4.79 Å². The van der Waals surface area contributed by atoms with E-state index in [-0.39, 0.29) is 25.0 Å². The summed E-state index contributed by atoms with van der Waals surface area (Å²) in [7, 11) is 0. The van der Waals surface area contributed by atoms with Crippen molar-refractivity contribution in [1.29, 1.82) is 0 Å². The molecule has 0 unspecified atom stereocenters. The molecular weight excluding hydrogens is 366 g/mol. The monoisotopic (exact) mass is 391 g/mol. The highest BCUT2D eigenvalue weighted by molar-refractivity contribution is 5.89. The van der Waals surface area contributed by atoms with E-state index < -0.39 is 12.0 Å². The highest BCUT2D eigenvalue weighted by Crippen LogP contribution is 2.25. The van der Waals surface area contributed by atoms with Gasteiger partial charge >= 0.3 is 5.97 Å². The summed E-state index contributed by atoms with van der Waals surface area (Å²) in [4.78, 5) is 24.9. The molecule has 1 atom stereocenters. The lowest BCUT2D eigenvalue weighted by molar-refractivity contribution is -0.150. The van der Waals surface area contributed by atoms with E-state index in [0.29, 0.717) is 5.75 Å². The largest absolute Gasteiger partial charge is 0.483 e. The van der Waals surface area contributed by atoms with Crippen molar-refractivity contribution in [1.82, 2.24) is 5.32 Å². The van der Waals surface area contributed by atoms with E-state index in [1.54, 1.807) is 0 Å². The molecule has 3 aromatic rings. The molecule has 0 saturated carbocycles. The standard InChI is InChI=1S/C24H25NO4/c1-17(2)23(24(27)29-15-18-9-4-3-5-10-18)25-22(26)16-28-21-14-8-12-19-11-6-7-13-20(19)21/h3-14,17,23H,15-16H2,1-2H3,(H,25,26)/t23-/m0/s1. The highest BCUT2D eigenvalue weighted by atomic mass is 16.5. The SMILES string of the molecule is CC(C)[C@H](NC(=O)COc1cccc2ccccc12)C(=O)OCc1ccccc1. The van der Waals surface area contributed by atoms with Gasteiger partial charge in [0.25, 0.3) is 5.91 Å². The summed E-state index contributed by atoms with van der Waals surface area (Å²) in [5, 5.41) is 4.70. The average molecular weight is 391 g/mol. The molecular formula is C24H25NO4. The number of rotatable bonds is 8. The lowest BCUT2D eigenvalue weighted by Gasteiger charge is -2.21. The van der Waals surface area contributed by atoms with Gasteiger partial charge in [-0.2, -0.15) is 0 Å². The smallest absolute Gasteiger partial charge is 0.329 e. The van der Waals surface area contributed by atoms with Crippen molar-refractivity contribution in [2.24, 2.45) is 5.92 Å². The topological polar surface area (TPSA) is 64.6 Å². The molecule has 150 valence electrons. The Labute approximate surface area is 170 Å². The van der Waals surface area contributed by atoms with Gasteiger partial charge in [0.1, 0.15) is 18.4 Å². The van der Waals surface area contributed by atoms with Crippen molar-refractivity contribution >= 4 is 22.6 Å². The van der Waals surface area contributed by atoms with E-state index in [1.165, 1.54) is 0 Å². The summed E-state index contributed by atoms with van der Waals surface area (Å²) in [5.41, 5.74) is 0.897. The summed E-state index contributed by atoms with van der Waals surface area (Å²) >= 11 is 0. The van der Waals surface area contributed by atoms with Crippen LogP contribution < -0.4 is 10.1 Å². The number of fused-ring (bicyclic) bond motifs is 1. The van der Waals surface area contributed by atoms with E-state index in [4.69, 9.17) is 9.47 Å². The Bertz CT molecular complexity index is 964. The first kappa shape index (κ1) is 20.4. The van der Waals surface area contributed by atoms with Gasteiger partial charge in [0, 0.05) is 5.39 Å². The fourth-order valence-corrected chi connectivity index (χ4v) is 3.00. The third kappa shape index (κ3) is 5.57. The van der Waals surface area contributed by atoms with E-state index in [0.717, 1.165) is 16.3 Å². The quantitative estimate of drug-likeness (QED) is 0.587. The van der Waals surface area contributed by atoms with Crippen LogP contribution in [0.5, 0.6) is 5.75 Å². The van der Waals surface area contributed by atoms with Gasteiger partial charge in [-0.05, 0) is 22.9 Å². The second-order valence-corrected chi connectivity index (χ2v) is 7.15. The summed E-state index contributed by atoms with van der Waals surface area (Å²) in [6.07, 6.45) is 0. The Morgan fingerprint density at radius 3 is 2.34 bits per heavy atom. The van der Waals surface area contributed by atoms with E-state index in [9.17, 15) is 9.59 Å². The van der Waals surface area contributed by atoms with Gasteiger partial charge in [0.2, 0.25) is 0 Å². The first-order valence-corrected chi connectivity index (χ1v) is 9.65. The molecule has 29 heavy (non-hydrogen) atoms. The van der Waals surface area contributed by atoms with E-state index in [2.05, 4.69) is 5.32 Å². The molecule has 5 heteroatoms. The molecule has 0 aromatic heterocycles. The Morgan fingerprint density at radius 1 is 0.897 bits per heavy atom. The highest BCUT2D eigenvalue weighted by Gasteiger charge is 2.26. The van der Waals surface area contributed by atoms with Gasteiger partial charge in [0.05, 0.1) is 0 Å². The van der Waals surface area contributed by atoms with Gasteiger partial charge in [-0.1, -0.05) is 80.6 Å². The molecule has 0 fully saturated rings. The zero-order chi connectivity index (χ0) is 20.6. The zero-order valence-electron chi connectivity index (χ0n) is 16.6. The molecule has 0 heterocycles. The molecule has 0 aliphatic rings. The fourth-order valence-electron chi connectivity index (χ4n) is 3.00. The minimum Gasteiger partial charge on any atom is -0.483 e. The summed E-state index contributed by atoms with van der Waals surface area (Å²) in [6, 6.07) is 22.2. The number of hydrogen-bond donors (Lipinski definition) is 1. The summed E-state index contributed by atoms with van der Waals surface area (Å²) < 4.78 is 11.1. The molecule has 3 rings (SSSR count). The predicted octanol–water partition coefficient (Wildman–Crippen LogP) is 4.10. The number of hydrogen-bond acceptors (Lipinski definition) is 4. The van der Waals surface area contributed by atoms with Gasteiger partial charge < -0.3 is 14.8 Å². The molecule has 0 radical (unpaired) electrons. The van der Waals surface area contributed by atoms with Crippen molar-refractivity contribution in [3.63, 3.8) is 0 Å². The molecule has 0 aliphatic heterocycles. The third-order valence-electron chi connectivity index (χ3n) is 4.57. The lowest BCUT2D eigenvalue weighted by atomic mass is 10.0. The van der Waals surface area contributed by atoms with Crippen LogP contribution in [0.3, 0.4) is 0 Å². The van der Waals surface area contributed by atoms with Crippen molar-refractivity contribution < 1.29 is 19.1 Å². The Balaban J connectivity index is 1.57. The lowest BCUT2D eigenvalue weighted by Crippen LogP contribution is -2.46. The average Bonchev–Trinajstić information content (AvgIpc) is 2.74. The number of amides is 1. The summed E-state index contributed by atoms with van der Waals surface area (Å²) in [6.45, 7) is 3.72. The Kier molecular flexibility index (Phi) is 6.85. The maximum absolute atomic E-state index is 12.5. The maximum atomic E-state index is 12.5. The van der Waals surface area contributed by atoms with Crippen LogP contribution in [0.25, 0.3) is 10.8 Å². The molecule has 1 N–H and O–H groups in total. The third-order valence-corrected chi connectivity index (χ3v) is 4.57. The predicted molar refractivity (Wildman–Crippen MR) is 112 cm³/mol. The van der Waals surface area contributed by atoms with Crippen LogP contribution >= 0.6 is 0 Å². The first-order valence-electron chi connectivity index (χ1n) is 9.65. The van der Waals surface area contributed by atoms with Gasteiger partial charge in [-0.15, -0.1) is 0 Å². The number of esters is 1. The molecule has 5 nitrogen and oxygen atoms in total. The first-order chi connectivity index (χ1) is 14.0. The molecule has 0 bridgehead atoms. The van der Waals surface area contributed by atoms with E-state index >= 15 is 0 Å². The molecule has 0 aliphatic carbocycles. The Hall–Kier alpha value is -3.34. The molecule has 0 spiro atoms. The zero-order valence-corrected chi connectivity index (χ0v) is 16.6. The number of ether oxygens (including phenoxy) is 2. The fraction of sp³-hybridized carbons (Fsp3) is 0.250. The van der Waals surface area contributed by atoms with Crippen LogP contribution in [0, 0.1) is 5.92 Å². The van der Waals surface area contributed by atoms with Crippen molar-refractivity contribution in [3.8, 4) is 5.75 Å². The number of benzene rings is 3. The Morgan fingerprint density at radius 2 is 1.59 bits per heavy atom. The van der Waals surface area contributed by atoms with E-state index in [1.807, 2.05) is 86.6 Å². The van der Waals surface area contributed by atoms with Crippen LogP contribution in [0.2, 0.25) is 0 Å². The number of carbonyl (C=O) groups is 2. The second kappa shape index (κ2) is 9.73. The van der Waals surface area contributed by atoms with Gasteiger partial charge in [0.15, 0.2) is 6.61 Å². The normalized spacial score (nSPS) is 11.8. The van der Waals surface area contributed by atoms with Gasteiger partial charge in [-0.25, -0.2) is 4.79 Å². The summed E-state index contributed by atoms with van der Waals surface area (Å²) in [5.74, 6) is -0.304. The van der Waals surface area contributed by atoms with Crippen LogP contribution in [0.1, 0.15) is 19.4 Å². The maximum Gasteiger partial charge on any atom is 0.329 e. The number of carbonyl (C=O) groups excluding carboxylic acids is 2.